The average Bonchev–Trinajstić information content (AvgIpc) is 2.79. The van der Waals surface area contributed by atoms with Crippen molar-refractivity contribution >= 4 is 27.7 Å². The van der Waals surface area contributed by atoms with Gasteiger partial charge in [0.25, 0.3) is 0 Å². The molecule has 32 heavy (non-hydrogen) atoms. The molecule has 1 aliphatic carbocycles. The van der Waals surface area contributed by atoms with Gasteiger partial charge in [-0.3, -0.25) is 4.79 Å². The molecule has 5 nitrogen and oxygen atoms in total. The van der Waals surface area contributed by atoms with Gasteiger partial charge in [0, 0.05) is 33.8 Å². The first-order valence-electron chi connectivity index (χ1n) is 10.7. The molecule has 0 spiro atoms. The maximum atomic E-state index is 13.3. The van der Waals surface area contributed by atoms with Crippen molar-refractivity contribution in [1.82, 2.24) is 5.32 Å². The van der Waals surface area contributed by atoms with Crippen molar-refractivity contribution in [2.24, 2.45) is 0 Å². The number of nitrogens with one attached hydrogen (secondary N) is 1. The van der Waals surface area contributed by atoms with E-state index in [0.29, 0.717) is 17.6 Å². The fourth-order valence-corrected chi connectivity index (χ4v) is 4.72. The Labute approximate surface area is 196 Å². The van der Waals surface area contributed by atoms with E-state index in [9.17, 15) is 9.59 Å². The number of halogens is 1. The molecule has 166 valence electrons. The van der Waals surface area contributed by atoms with Gasteiger partial charge in [0.1, 0.15) is 12.4 Å². The molecular weight excluding hydrogens is 470 g/mol. The summed E-state index contributed by atoms with van der Waals surface area (Å²) in [7, 11) is 1.61. The van der Waals surface area contributed by atoms with Gasteiger partial charge in [0.2, 0.25) is 0 Å². The minimum atomic E-state index is -0.445. The standard InChI is InChI=1S/C26H26BrNO4/c1-15-7-10-18(13-20(15)27)24-23(16(2)28-21-5-4-6-22(29)25(21)24)26(30)32-14-17-8-11-19(31-3)12-9-17/h7-13,24,28H,4-6,14H2,1-3H3/t24-/m1/s1. The predicted octanol–water partition coefficient (Wildman–Crippen LogP) is 5.48. The molecule has 0 amide bonds. The topological polar surface area (TPSA) is 64.6 Å². The number of carbonyl (C=O) groups excluding carboxylic acids is 2. The number of methoxy groups -OCH3 is 1. The van der Waals surface area contributed by atoms with E-state index in [-0.39, 0.29) is 12.4 Å². The highest BCUT2D eigenvalue weighted by molar-refractivity contribution is 9.10. The Bertz CT molecular complexity index is 1130. The number of aryl methyl sites for hydroxylation is 1. The summed E-state index contributed by atoms with van der Waals surface area (Å²) in [4.78, 5) is 26.3. The second-order valence-electron chi connectivity index (χ2n) is 8.20. The Balaban J connectivity index is 1.68. The Morgan fingerprint density at radius 3 is 2.56 bits per heavy atom. The number of ketones is 1. The number of hydrogen-bond donors (Lipinski definition) is 1. The monoisotopic (exact) mass is 495 g/mol. The second kappa shape index (κ2) is 9.33. The number of hydrogen-bond acceptors (Lipinski definition) is 5. The molecule has 2 aliphatic rings. The van der Waals surface area contributed by atoms with Crippen molar-refractivity contribution in [1.29, 1.82) is 0 Å². The third-order valence-electron chi connectivity index (χ3n) is 6.05. The van der Waals surface area contributed by atoms with Gasteiger partial charge in [-0.1, -0.05) is 40.2 Å². The molecule has 0 bridgehead atoms. The summed E-state index contributed by atoms with van der Waals surface area (Å²) in [5.74, 6) is -0.0273. The Morgan fingerprint density at radius 1 is 1.12 bits per heavy atom. The number of esters is 1. The summed E-state index contributed by atoms with van der Waals surface area (Å²) in [5.41, 5.74) is 5.70. The molecule has 0 unspecified atom stereocenters. The first kappa shape index (κ1) is 22.3. The summed E-state index contributed by atoms with van der Waals surface area (Å²) < 4.78 is 11.8. The highest BCUT2D eigenvalue weighted by Crippen LogP contribution is 2.43. The summed E-state index contributed by atoms with van der Waals surface area (Å²) >= 11 is 3.60. The molecule has 2 aromatic carbocycles. The van der Waals surface area contributed by atoms with E-state index >= 15 is 0 Å². The van der Waals surface area contributed by atoms with Gasteiger partial charge in [-0.05, 0) is 61.6 Å². The van der Waals surface area contributed by atoms with E-state index in [1.54, 1.807) is 7.11 Å². The number of allylic oxidation sites excluding steroid dienone is 3. The van der Waals surface area contributed by atoms with Crippen LogP contribution in [0.1, 0.15) is 48.8 Å². The number of ether oxygens (including phenoxy) is 2. The first-order valence-corrected chi connectivity index (χ1v) is 11.5. The fraction of sp³-hybridized carbons (Fsp3) is 0.308. The number of rotatable bonds is 5. The summed E-state index contributed by atoms with van der Waals surface area (Å²) in [6.07, 6.45) is 2.12. The fourth-order valence-electron chi connectivity index (χ4n) is 4.32. The smallest absolute Gasteiger partial charge is 0.337 e. The minimum absolute atomic E-state index is 0.0911. The lowest BCUT2D eigenvalue weighted by Crippen LogP contribution is -2.34. The Kier molecular flexibility index (Phi) is 6.51. The molecule has 1 aliphatic heterocycles. The second-order valence-corrected chi connectivity index (χ2v) is 9.05. The normalized spacial score (nSPS) is 18.2. The van der Waals surface area contributed by atoms with Gasteiger partial charge < -0.3 is 14.8 Å². The van der Waals surface area contributed by atoms with Crippen molar-refractivity contribution in [3.8, 4) is 5.75 Å². The number of dihydropyridines is 1. The lowest BCUT2D eigenvalue weighted by Gasteiger charge is -2.34. The zero-order valence-electron chi connectivity index (χ0n) is 18.5. The predicted molar refractivity (Wildman–Crippen MR) is 126 cm³/mol. The minimum Gasteiger partial charge on any atom is -0.497 e. The third kappa shape index (κ3) is 4.37. The van der Waals surface area contributed by atoms with E-state index in [2.05, 4.69) is 21.2 Å². The number of carbonyl (C=O) groups is 2. The largest absolute Gasteiger partial charge is 0.497 e. The molecule has 0 fully saturated rings. The van der Waals surface area contributed by atoms with Crippen LogP contribution in [0.15, 0.2) is 69.5 Å². The lowest BCUT2D eigenvalue weighted by molar-refractivity contribution is -0.140. The highest BCUT2D eigenvalue weighted by atomic mass is 79.9. The van der Waals surface area contributed by atoms with Crippen LogP contribution in [-0.2, 0) is 20.9 Å². The zero-order chi connectivity index (χ0) is 22.8. The Morgan fingerprint density at radius 2 is 1.88 bits per heavy atom. The van der Waals surface area contributed by atoms with Gasteiger partial charge in [-0.15, -0.1) is 0 Å². The third-order valence-corrected chi connectivity index (χ3v) is 6.91. The summed E-state index contributed by atoms with van der Waals surface area (Å²) in [5, 5.41) is 3.33. The quantitative estimate of drug-likeness (QED) is 0.556. The molecule has 0 saturated carbocycles. The molecular formula is C26H26BrNO4. The van der Waals surface area contributed by atoms with E-state index in [4.69, 9.17) is 9.47 Å². The molecule has 0 saturated heterocycles. The van der Waals surface area contributed by atoms with Gasteiger partial charge in [0.05, 0.1) is 12.7 Å². The van der Waals surface area contributed by atoms with Crippen LogP contribution < -0.4 is 10.1 Å². The Hall–Kier alpha value is -2.86. The van der Waals surface area contributed by atoms with Crippen molar-refractivity contribution in [3.05, 3.63) is 86.2 Å². The summed E-state index contributed by atoms with van der Waals surface area (Å²) in [6.45, 7) is 4.03. The molecule has 0 radical (unpaired) electrons. The van der Waals surface area contributed by atoms with Crippen LogP contribution in [0.4, 0.5) is 0 Å². The van der Waals surface area contributed by atoms with Gasteiger partial charge in [-0.2, -0.15) is 0 Å². The van der Waals surface area contributed by atoms with Crippen molar-refractivity contribution in [2.75, 3.05) is 7.11 Å². The highest BCUT2D eigenvalue weighted by Gasteiger charge is 2.39. The van der Waals surface area contributed by atoms with Crippen molar-refractivity contribution < 1.29 is 19.1 Å². The molecule has 4 rings (SSSR count). The molecule has 6 heteroatoms. The molecule has 1 heterocycles. The maximum Gasteiger partial charge on any atom is 0.337 e. The van der Waals surface area contributed by atoms with E-state index < -0.39 is 11.9 Å². The van der Waals surface area contributed by atoms with Gasteiger partial charge in [0.15, 0.2) is 5.78 Å². The van der Waals surface area contributed by atoms with Gasteiger partial charge in [-0.25, -0.2) is 4.79 Å². The summed E-state index contributed by atoms with van der Waals surface area (Å²) in [6, 6.07) is 13.4. The van der Waals surface area contributed by atoms with Crippen molar-refractivity contribution in [2.45, 2.75) is 45.6 Å². The molecule has 1 atom stereocenters. The number of Topliss-reactive ketones (excluding diaryl/α,β-unsaturated/α-hetero) is 1. The van der Waals surface area contributed by atoms with Crippen LogP contribution in [0.25, 0.3) is 0 Å². The average molecular weight is 496 g/mol. The molecule has 0 aromatic heterocycles. The van der Waals surface area contributed by atoms with Crippen LogP contribution in [-0.4, -0.2) is 18.9 Å². The molecule has 2 aromatic rings. The van der Waals surface area contributed by atoms with E-state index in [0.717, 1.165) is 51.1 Å². The van der Waals surface area contributed by atoms with E-state index in [1.807, 2.05) is 56.3 Å². The first-order chi connectivity index (χ1) is 15.4. The van der Waals surface area contributed by atoms with Crippen LogP contribution in [0.2, 0.25) is 0 Å². The number of benzene rings is 2. The molecule has 1 N–H and O–H groups in total. The maximum absolute atomic E-state index is 13.3. The van der Waals surface area contributed by atoms with Crippen LogP contribution in [0, 0.1) is 6.92 Å². The lowest BCUT2D eigenvalue weighted by atomic mass is 9.75. The zero-order valence-corrected chi connectivity index (χ0v) is 20.0. The van der Waals surface area contributed by atoms with Crippen LogP contribution in [0.3, 0.4) is 0 Å². The SMILES string of the molecule is COc1ccc(COC(=O)C2=C(C)NC3=C(C(=O)CCC3)[C@@H]2c2ccc(C)c(Br)c2)cc1. The van der Waals surface area contributed by atoms with Crippen LogP contribution in [0.5, 0.6) is 5.75 Å². The van der Waals surface area contributed by atoms with E-state index in [1.165, 1.54) is 0 Å². The van der Waals surface area contributed by atoms with Gasteiger partial charge >= 0.3 is 5.97 Å². The van der Waals surface area contributed by atoms with Crippen molar-refractivity contribution in [3.63, 3.8) is 0 Å². The van der Waals surface area contributed by atoms with Crippen LogP contribution >= 0.6 is 15.9 Å².